The van der Waals surface area contributed by atoms with Gasteiger partial charge in [-0.15, -0.1) is 0 Å². The summed E-state index contributed by atoms with van der Waals surface area (Å²) in [4.78, 5) is 11.0. The Bertz CT molecular complexity index is 626. The zero-order valence-electron chi connectivity index (χ0n) is 10.6. The molecule has 1 N–H and O–H groups in total. The molecule has 20 heavy (non-hydrogen) atoms. The first-order valence-corrected chi connectivity index (χ1v) is 5.86. The molecule has 2 rings (SSSR count). The molecule has 1 heterocycles. The summed E-state index contributed by atoms with van der Waals surface area (Å²) in [5, 5.41) is 13.0. The molecule has 0 amide bonds. The first kappa shape index (κ1) is 14.0. The van der Waals surface area contributed by atoms with Crippen molar-refractivity contribution in [3.8, 4) is 16.9 Å². The molecule has 2 aromatic rings. The molecule has 0 bridgehead atoms. The molecule has 5 nitrogen and oxygen atoms in total. The Morgan fingerprint density at radius 2 is 2.20 bits per heavy atom. The summed E-state index contributed by atoms with van der Waals surface area (Å²) in [6.45, 7) is -0.495. The number of alkyl halides is 2. The number of carboxylic acids is 1. The van der Waals surface area contributed by atoms with Gasteiger partial charge < -0.3 is 9.84 Å². The van der Waals surface area contributed by atoms with E-state index in [0.29, 0.717) is 17.7 Å². The van der Waals surface area contributed by atoms with Crippen molar-refractivity contribution in [3.05, 3.63) is 36.2 Å². The lowest BCUT2D eigenvalue weighted by molar-refractivity contribution is -0.0502. The fraction of sp³-hybridized carbons (Fsp3) is 0.231. The topological polar surface area (TPSA) is 64.4 Å². The van der Waals surface area contributed by atoms with Gasteiger partial charge in [0, 0.05) is 18.3 Å². The number of aromatic nitrogens is 2. The second-order valence-electron chi connectivity index (χ2n) is 3.98. The summed E-state index contributed by atoms with van der Waals surface area (Å²) in [5.74, 6) is -1.69. The summed E-state index contributed by atoms with van der Waals surface area (Å²) < 4.78 is 30.6. The molecule has 0 unspecified atom stereocenters. The molecular weight excluding hydrogens is 270 g/mol. The van der Waals surface area contributed by atoms with E-state index in [0.717, 1.165) is 0 Å². The molecule has 0 aliphatic heterocycles. The molecule has 0 fully saturated rings. The van der Waals surface area contributed by atoms with Gasteiger partial charge in [-0.25, -0.2) is 4.79 Å². The Balaban J connectivity index is 2.42. The molecule has 0 saturated heterocycles. The molecule has 0 aliphatic carbocycles. The van der Waals surface area contributed by atoms with Crippen molar-refractivity contribution in [2.75, 3.05) is 0 Å². The Hall–Kier alpha value is -2.44. The minimum atomic E-state index is -3.08. The quantitative estimate of drug-likeness (QED) is 0.915. The molecule has 0 saturated carbocycles. The van der Waals surface area contributed by atoms with Gasteiger partial charge in [0.2, 0.25) is 0 Å². The average Bonchev–Trinajstić information content (AvgIpc) is 2.86. The van der Waals surface area contributed by atoms with Gasteiger partial charge in [0.05, 0.1) is 6.20 Å². The Morgan fingerprint density at radius 3 is 2.75 bits per heavy atom. The molecular formula is C13H12F2N2O3. The number of carboxylic acid groups (broad SMARTS) is 1. The lowest BCUT2D eigenvalue weighted by Crippen LogP contribution is -2.07. The fourth-order valence-electron chi connectivity index (χ4n) is 1.76. The number of rotatable bonds is 5. The van der Waals surface area contributed by atoms with E-state index < -0.39 is 12.6 Å². The zero-order valence-corrected chi connectivity index (χ0v) is 10.6. The number of aryl methyl sites for hydroxylation is 1. The van der Waals surface area contributed by atoms with Crippen LogP contribution in [0.4, 0.5) is 8.78 Å². The van der Waals surface area contributed by atoms with E-state index in [1.165, 1.54) is 18.2 Å². The number of hydrogen-bond donors (Lipinski definition) is 1. The maximum Gasteiger partial charge on any atom is 0.387 e. The van der Waals surface area contributed by atoms with E-state index in [-0.39, 0.29) is 11.3 Å². The van der Waals surface area contributed by atoms with Gasteiger partial charge >= 0.3 is 12.6 Å². The average molecular weight is 282 g/mol. The molecule has 106 valence electrons. The predicted molar refractivity (Wildman–Crippen MR) is 66.9 cm³/mol. The van der Waals surface area contributed by atoms with Crippen molar-refractivity contribution >= 4 is 5.97 Å². The summed E-state index contributed by atoms with van der Waals surface area (Å²) in [6.07, 6.45) is 3.31. The number of ether oxygens (including phenoxy) is 1. The Labute approximate surface area is 113 Å². The number of carbonyl (C=O) groups is 1. The van der Waals surface area contributed by atoms with Gasteiger partial charge in [-0.05, 0) is 24.6 Å². The molecule has 0 atom stereocenters. The normalized spacial score (nSPS) is 10.8. The highest BCUT2D eigenvalue weighted by atomic mass is 19.3. The minimum Gasteiger partial charge on any atom is -0.478 e. The molecule has 1 aromatic carbocycles. The highest BCUT2D eigenvalue weighted by Gasteiger charge is 2.16. The van der Waals surface area contributed by atoms with Gasteiger partial charge in [0.25, 0.3) is 0 Å². The van der Waals surface area contributed by atoms with Crippen LogP contribution in [0.5, 0.6) is 5.75 Å². The summed E-state index contributed by atoms with van der Waals surface area (Å²) >= 11 is 0. The number of aromatic carboxylic acids is 1. The smallest absolute Gasteiger partial charge is 0.387 e. The van der Waals surface area contributed by atoms with Gasteiger partial charge in [0.15, 0.2) is 0 Å². The number of benzene rings is 1. The number of halogens is 2. The summed E-state index contributed by atoms with van der Waals surface area (Å²) in [6, 6.07) is 4.03. The third kappa shape index (κ3) is 2.93. The lowest BCUT2D eigenvalue weighted by Gasteiger charge is -2.09. The SMILES string of the molecule is CCn1cc(-c2ccc(C(=O)O)c(OC(F)F)c2)cn1. The van der Waals surface area contributed by atoms with E-state index in [1.54, 1.807) is 17.1 Å². The van der Waals surface area contributed by atoms with E-state index in [4.69, 9.17) is 5.11 Å². The van der Waals surface area contributed by atoms with Crippen molar-refractivity contribution in [2.45, 2.75) is 20.1 Å². The van der Waals surface area contributed by atoms with Crippen LogP contribution in [-0.2, 0) is 6.54 Å². The molecule has 0 radical (unpaired) electrons. The highest BCUT2D eigenvalue weighted by molar-refractivity contribution is 5.92. The van der Waals surface area contributed by atoms with Gasteiger partial charge in [-0.1, -0.05) is 6.07 Å². The van der Waals surface area contributed by atoms with Crippen LogP contribution in [0.1, 0.15) is 17.3 Å². The van der Waals surface area contributed by atoms with Crippen molar-refractivity contribution in [2.24, 2.45) is 0 Å². The van der Waals surface area contributed by atoms with Crippen LogP contribution in [0.2, 0.25) is 0 Å². The maximum atomic E-state index is 12.3. The summed E-state index contributed by atoms with van der Waals surface area (Å²) in [7, 11) is 0. The minimum absolute atomic E-state index is 0.308. The third-order valence-electron chi connectivity index (χ3n) is 2.72. The van der Waals surface area contributed by atoms with Crippen molar-refractivity contribution in [1.29, 1.82) is 0 Å². The van der Waals surface area contributed by atoms with Crippen LogP contribution in [0, 0.1) is 0 Å². The highest BCUT2D eigenvalue weighted by Crippen LogP contribution is 2.28. The second kappa shape index (κ2) is 5.68. The standard InChI is InChI=1S/C13H12F2N2O3/c1-2-17-7-9(6-16-17)8-3-4-10(12(18)19)11(5-8)20-13(14)15/h3-7,13H,2H2,1H3,(H,18,19). The van der Waals surface area contributed by atoms with E-state index in [1.807, 2.05) is 6.92 Å². The van der Waals surface area contributed by atoms with E-state index in [2.05, 4.69) is 9.84 Å². The first-order valence-electron chi connectivity index (χ1n) is 5.86. The molecule has 0 aliphatic rings. The summed E-state index contributed by atoms with van der Waals surface area (Å²) in [5.41, 5.74) is 0.949. The van der Waals surface area contributed by atoms with Crippen LogP contribution in [0.3, 0.4) is 0 Å². The number of hydrogen-bond acceptors (Lipinski definition) is 3. The van der Waals surface area contributed by atoms with E-state index in [9.17, 15) is 13.6 Å². The monoisotopic (exact) mass is 282 g/mol. The molecule has 0 spiro atoms. The lowest BCUT2D eigenvalue weighted by atomic mass is 10.1. The van der Waals surface area contributed by atoms with Gasteiger partial charge in [-0.2, -0.15) is 13.9 Å². The molecule has 1 aromatic heterocycles. The number of nitrogens with zero attached hydrogens (tertiary/aromatic N) is 2. The maximum absolute atomic E-state index is 12.3. The van der Waals surface area contributed by atoms with Crippen LogP contribution < -0.4 is 4.74 Å². The second-order valence-corrected chi connectivity index (χ2v) is 3.98. The van der Waals surface area contributed by atoms with Crippen LogP contribution >= 0.6 is 0 Å². The Kier molecular flexibility index (Phi) is 3.97. The van der Waals surface area contributed by atoms with Crippen molar-refractivity contribution < 1.29 is 23.4 Å². The third-order valence-corrected chi connectivity index (χ3v) is 2.72. The predicted octanol–water partition coefficient (Wildman–Crippen LogP) is 2.87. The van der Waals surface area contributed by atoms with Gasteiger partial charge in [0.1, 0.15) is 11.3 Å². The van der Waals surface area contributed by atoms with Crippen LogP contribution in [0.25, 0.3) is 11.1 Å². The Morgan fingerprint density at radius 1 is 1.45 bits per heavy atom. The van der Waals surface area contributed by atoms with Crippen molar-refractivity contribution in [3.63, 3.8) is 0 Å². The van der Waals surface area contributed by atoms with E-state index >= 15 is 0 Å². The van der Waals surface area contributed by atoms with Crippen molar-refractivity contribution in [1.82, 2.24) is 9.78 Å². The van der Waals surface area contributed by atoms with Gasteiger partial charge in [-0.3, -0.25) is 4.68 Å². The first-order chi connectivity index (χ1) is 9.51. The van der Waals surface area contributed by atoms with Crippen LogP contribution in [0.15, 0.2) is 30.6 Å². The largest absolute Gasteiger partial charge is 0.478 e. The zero-order chi connectivity index (χ0) is 14.7. The fourth-order valence-corrected chi connectivity index (χ4v) is 1.76. The van der Waals surface area contributed by atoms with Crippen LogP contribution in [-0.4, -0.2) is 27.5 Å². The molecule has 7 heteroatoms.